The van der Waals surface area contributed by atoms with Gasteiger partial charge in [-0.1, -0.05) is 0 Å². The zero-order valence-electron chi connectivity index (χ0n) is 15.5. The molecule has 25 heavy (non-hydrogen) atoms. The van der Waals surface area contributed by atoms with Crippen molar-refractivity contribution in [2.45, 2.75) is 34.6 Å². The van der Waals surface area contributed by atoms with Crippen molar-refractivity contribution in [3.8, 4) is 0 Å². The van der Waals surface area contributed by atoms with Crippen molar-refractivity contribution in [1.82, 2.24) is 9.97 Å². The molecule has 2 rings (SSSR count). The van der Waals surface area contributed by atoms with E-state index in [-0.39, 0.29) is 5.78 Å². The molecule has 0 spiro atoms. The third-order valence-electron chi connectivity index (χ3n) is 4.12. The summed E-state index contributed by atoms with van der Waals surface area (Å²) in [6.07, 6.45) is 0. The fraction of sp³-hybridized carbons (Fsp3) is 0.421. The molecule has 0 bridgehead atoms. The molecule has 0 atom stereocenters. The molecule has 5 nitrogen and oxygen atoms in total. The molecule has 0 aliphatic carbocycles. The van der Waals surface area contributed by atoms with Crippen molar-refractivity contribution in [3.05, 3.63) is 40.0 Å². The Balaban J connectivity index is 2.49. The van der Waals surface area contributed by atoms with Crippen LogP contribution in [-0.2, 0) is 0 Å². The lowest BCUT2D eigenvalue weighted by Gasteiger charge is -2.26. The lowest BCUT2D eigenvalue weighted by Crippen LogP contribution is -2.26. The maximum absolute atomic E-state index is 11.6. The van der Waals surface area contributed by atoms with Crippen LogP contribution in [0.1, 0.15) is 43.7 Å². The van der Waals surface area contributed by atoms with E-state index in [0.29, 0.717) is 11.5 Å². The average Bonchev–Trinajstić information content (AvgIpc) is 2.57. The second-order valence-electron chi connectivity index (χ2n) is 5.81. The second kappa shape index (κ2) is 8.43. The van der Waals surface area contributed by atoms with Crippen LogP contribution in [0, 0.1) is 6.92 Å². The van der Waals surface area contributed by atoms with E-state index >= 15 is 0 Å². The Morgan fingerprint density at radius 3 is 2.28 bits per heavy atom. The minimum atomic E-state index is 0.0472. The number of ketones is 1. The van der Waals surface area contributed by atoms with E-state index in [4.69, 9.17) is 4.98 Å². The van der Waals surface area contributed by atoms with E-state index in [1.54, 1.807) is 6.92 Å². The highest BCUT2D eigenvalue weighted by molar-refractivity contribution is 9.10. The summed E-state index contributed by atoms with van der Waals surface area (Å²) in [6.45, 7) is 12.4. The molecule has 1 heterocycles. The highest BCUT2D eigenvalue weighted by Gasteiger charge is 2.17. The summed E-state index contributed by atoms with van der Waals surface area (Å²) in [5.74, 6) is 1.65. The fourth-order valence-corrected chi connectivity index (χ4v) is 3.32. The minimum absolute atomic E-state index is 0.0472. The highest BCUT2D eigenvalue weighted by atomic mass is 79.9. The Morgan fingerprint density at radius 2 is 1.76 bits per heavy atom. The number of rotatable bonds is 7. The molecule has 0 fully saturated rings. The summed E-state index contributed by atoms with van der Waals surface area (Å²) in [7, 11) is 0. The molecular weight excluding hydrogens is 380 g/mol. The van der Waals surface area contributed by atoms with Gasteiger partial charge in [0.05, 0.1) is 5.69 Å². The van der Waals surface area contributed by atoms with Crippen LogP contribution in [0.2, 0.25) is 0 Å². The quantitative estimate of drug-likeness (QED) is 0.622. The van der Waals surface area contributed by atoms with Crippen molar-refractivity contribution >= 4 is 39.2 Å². The number of hydrogen-bond acceptors (Lipinski definition) is 5. The first-order valence-electron chi connectivity index (χ1n) is 8.59. The van der Waals surface area contributed by atoms with Crippen molar-refractivity contribution in [3.63, 3.8) is 0 Å². The van der Waals surface area contributed by atoms with Crippen molar-refractivity contribution in [1.29, 1.82) is 0 Å². The van der Waals surface area contributed by atoms with Crippen LogP contribution < -0.4 is 9.80 Å². The molecule has 0 N–H and O–H groups in total. The summed E-state index contributed by atoms with van der Waals surface area (Å²) in [6, 6.07) is 7.64. The number of anilines is 3. The van der Waals surface area contributed by atoms with Crippen LogP contribution in [0.4, 0.5) is 17.5 Å². The number of carbonyl (C=O) groups is 1. The Hall–Kier alpha value is -1.95. The molecule has 0 aliphatic rings. The maximum atomic E-state index is 11.6. The fourth-order valence-electron chi connectivity index (χ4n) is 2.73. The number of nitrogens with zero attached hydrogens (tertiary/aromatic N) is 4. The number of aromatic nitrogens is 2. The zero-order chi connectivity index (χ0) is 18.6. The number of benzene rings is 1. The van der Waals surface area contributed by atoms with Gasteiger partial charge in [0, 0.05) is 41.4 Å². The first-order valence-corrected chi connectivity index (χ1v) is 9.39. The summed E-state index contributed by atoms with van der Waals surface area (Å²) in [5, 5.41) is 0. The number of Topliss-reactive ketones (excluding diaryl/α,β-unsaturated/α-hetero) is 1. The van der Waals surface area contributed by atoms with Gasteiger partial charge in [-0.15, -0.1) is 0 Å². The number of halogens is 1. The van der Waals surface area contributed by atoms with Crippen molar-refractivity contribution < 1.29 is 4.79 Å². The predicted molar refractivity (Wildman–Crippen MR) is 107 cm³/mol. The topological polar surface area (TPSA) is 49.3 Å². The minimum Gasteiger partial charge on any atom is -0.357 e. The van der Waals surface area contributed by atoms with E-state index in [1.807, 2.05) is 36.1 Å². The van der Waals surface area contributed by atoms with Gasteiger partial charge in [0.2, 0.25) is 5.95 Å². The smallest absolute Gasteiger partial charge is 0.232 e. The van der Waals surface area contributed by atoms with Gasteiger partial charge >= 0.3 is 0 Å². The van der Waals surface area contributed by atoms with Crippen LogP contribution >= 0.6 is 15.9 Å². The molecule has 134 valence electrons. The van der Waals surface area contributed by atoms with Crippen LogP contribution in [0.15, 0.2) is 28.7 Å². The first kappa shape index (κ1) is 19.4. The second-order valence-corrected chi connectivity index (χ2v) is 6.66. The monoisotopic (exact) mass is 404 g/mol. The van der Waals surface area contributed by atoms with Gasteiger partial charge in [-0.3, -0.25) is 4.79 Å². The molecule has 0 amide bonds. The molecular formula is C19H25BrN4O. The van der Waals surface area contributed by atoms with Gasteiger partial charge in [-0.05, 0) is 68.7 Å². The lowest BCUT2D eigenvalue weighted by molar-refractivity contribution is 0.101. The Kier molecular flexibility index (Phi) is 6.53. The van der Waals surface area contributed by atoms with Crippen LogP contribution in [0.3, 0.4) is 0 Å². The number of aryl methyl sites for hydroxylation is 1. The van der Waals surface area contributed by atoms with Gasteiger partial charge in [-0.2, -0.15) is 4.98 Å². The molecule has 0 radical (unpaired) electrons. The Bertz CT molecular complexity index is 759. The van der Waals surface area contributed by atoms with E-state index in [9.17, 15) is 4.79 Å². The molecule has 1 aromatic heterocycles. The molecule has 0 saturated heterocycles. The molecule has 0 aliphatic heterocycles. The molecule has 6 heteroatoms. The van der Waals surface area contributed by atoms with Gasteiger partial charge in [-0.25, -0.2) is 4.98 Å². The van der Waals surface area contributed by atoms with Gasteiger partial charge in [0.15, 0.2) is 5.78 Å². The third kappa shape index (κ3) is 4.37. The van der Waals surface area contributed by atoms with Crippen LogP contribution in [0.5, 0.6) is 0 Å². The van der Waals surface area contributed by atoms with E-state index in [0.717, 1.165) is 41.3 Å². The molecule has 0 unspecified atom stereocenters. The van der Waals surface area contributed by atoms with Gasteiger partial charge in [0.1, 0.15) is 5.82 Å². The zero-order valence-corrected chi connectivity index (χ0v) is 17.1. The number of hydrogen-bond donors (Lipinski definition) is 0. The largest absolute Gasteiger partial charge is 0.357 e. The average molecular weight is 405 g/mol. The summed E-state index contributed by atoms with van der Waals surface area (Å²) >= 11 is 3.59. The third-order valence-corrected chi connectivity index (χ3v) is 4.75. The van der Waals surface area contributed by atoms with Gasteiger partial charge < -0.3 is 9.80 Å². The molecule has 2 aromatic rings. The first-order chi connectivity index (χ1) is 11.9. The number of carbonyl (C=O) groups excluding carboxylic acids is 1. The summed E-state index contributed by atoms with van der Waals surface area (Å²) in [4.78, 5) is 25.2. The van der Waals surface area contributed by atoms with Gasteiger partial charge in [0.25, 0.3) is 0 Å². The normalized spacial score (nSPS) is 10.6. The maximum Gasteiger partial charge on any atom is 0.232 e. The molecule has 1 aromatic carbocycles. The van der Waals surface area contributed by atoms with Crippen LogP contribution in [0.25, 0.3) is 0 Å². The SMILES string of the molecule is CCN(CC)c1cc(C)nc(N(CC)c2ccc(C(C)=O)cc2Br)n1. The van der Waals surface area contributed by atoms with E-state index < -0.39 is 0 Å². The van der Waals surface area contributed by atoms with Crippen molar-refractivity contribution in [2.24, 2.45) is 0 Å². The van der Waals surface area contributed by atoms with E-state index in [2.05, 4.69) is 46.6 Å². The standard InChI is InChI=1S/C19H25BrN4O/c1-6-23(7-2)18-11-13(4)21-19(22-18)24(8-3)17-10-9-15(14(5)25)12-16(17)20/h9-12H,6-8H2,1-5H3. The van der Waals surface area contributed by atoms with E-state index in [1.165, 1.54) is 0 Å². The lowest BCUT2D eigenvalue weighted by atomic mass is 10.1. The summed E-state index contributed by atoms with van der Waals surface area (Å²) < 4.78 is 0.858. The summed E-state index contributed by atoms with van der Waals surface area (Å²) in [5.41, 5.74) is 2.56. The highest BCUT2D eigenvalue weighted by Crippen LogP contribution is 2.32. The predicted octanol–water partition coefficient (Wildman–Crippen LogP) is 4.75. The Labute approximate surface area is 158 Å². The Morgan fingerprint density at radius 1 is 1.08 bits per heavy atom. The molecule has 0 saturated carbocycles. The van der Waals surface area contributed by atoms with Crippen LogP contribution in [-0.4, -0.2) is 35.4 Å². The van der Waals surface area contributed by atoms with Crippen molar-refractivity contribution in [2.75, 3.05) is 29.4 Å².